The number of benzene rings is 2. The second-order valence-electron chi connectivity index (χ2n) is 5.45. The average Bonchev–Trinajstić information content (AvgIpc) is 2.54. The van der Waals surface area contributed by atoms with E-state index < -0.39 is 14.2 Å². The zero-order valence-corrected chi connectivity index (χ0v) is 15.3. The molecule has 0 unspecified atom stereocenters. The van der Waals surface area contributed by atoms with Crippen LogP contribution in [0.2, 0.25) is 5.02 Å². The van der Waals surface area contributed by atoms with E-state index in [0.717, 1.165) is 12.1 Å². The normalized spacial score (nSPS) is 12.1. The molecule has 3 N–H and O–H groups in total. The molecule has 0 bridgehead atoms. The molecule has 1 heterocycles. The quantitative estimate of drug-likeness (QED) is 0.486. The highest BCUT2D eigenvalue weighted by Gasteiger charge is 2.30. The van der Waals surface area contributed by atoms with E-state index in [2.05, 4.69) is 19.6 Å². The minimum Gasteiger partial charge on any atom is -0.406 e. The van der Waals surface area contributed by atoms with Crippen LogP contribution in [0.4, 0.5) is 24.7 Å². The van der Waals surface area contributed by atoms with Crippen molar-refractivity contribution in [1.82, 2.24) is 4.98 Å². The summed E-state index contributed by atoms with van der Waals surface area (Å²) in [7, 11) is -4.73. The van der Waals surface area contributed by atoms with E-state index in [4.69, 9.17) is 21.4 Å². The Bertz CT molecular complexity index is 1060. The Balaban J connectivity index is 1.81. The molecule has 12 heteroatoms. The Morgan fingerprint density at radius 3 is 2.32 bits per heavy atom. The third kappa shape index (κ3) is 5.49. The fourth-order valence-corrected chi connectivity index (χ4v) is 2.95. The van der Waals surface area contributed by atoms with E-state index in [1.54, 1.807) is 12.1 Å². The van der Waals surface area contributed by atoms with Gasteiger partial charge in [-0.05, 0) is 42.5 Å². The lowest BCUT2D eigenvalue weighted by Crippen LogP contribution is -2.16. The van der Waals surface area contributed by atoms with Crippen molar-refractivity contribution in [2.75, 3.05) is 5.32 Å². The number of hydrogen-bond acceptors (Lipinski definition) is 5. The third-order valence-electron chi connectivity index (χ3n) is 3.30. The molecule has 3 rings (SSSR count). The van der Waals surface area contributed by atoms with Crippen molar-refractivity contribution in [3.63, 3.8) is 0 Å². The van der Waals surface area contributed by atoms with Gasteiger partial charge in [0.15, 0.2) is 0 Å². The maximum Gasteiger partial charge on any atom is 0.573 e. The number of halogens is 4. The molecule has 0 atom stereocenters. The van der Waals surface area contributed by atoms with Crippen LogP contribution in [0.15, 0.2) is 48.5 Å². The van der Waals surface area contributed by atoms with Gasteiger partial charge in [-0.1, -0.05) is 11.6 Å². The molecule has 0 saturated heterocycles. The summed E-state index contributed by atoms with van der Waals surface area (Å²) in [4.78, 5) is 22.0. The number of alkyl halides is 3. The minimum absolute atomic E-state index is 0.0959. The standard InChI is InChI=1S/C16H11ClF3N2O5P/c17-13-8-12(27-28(23,24)25)7-9-1-6-14(22-15(9)13)21-10-2-4-11(5-3-10)26-16(18,19)20/h1-8H,(H,21,22)(H2,23,24,25). The van der Waals surface area contributed by atoms with Crippen LogP contribution in [0.3, 0.4) is 0 Å². The van der Waals surface area contributed by atoms with Gasteiger partial charge in [0, 0.05) is 17.1 Å². The molecule has 0 aliphatic carbocycles. The molecule has 3 aromatic rings. The molecule has 7 nitrogen and oxygen atoms in total. The lowest BCUT2D eigenvalue weighted by molar-refractivity contribution is -0.274. The number of nitrogens with zero attached hydrogens (tertiary/aromatic N) is 1. The van der Waals surface area contributed by atoms with E-state index in [1.165, 1.54) is 24.3 Å². The van der Waals surface area contributed by atoms with Gasteiger partial charge in [-0.15, -0.1) is 13.2 Å². The summed E-state index contributed by atoms with van der Waals surface area (Å²) in [5, 5.41) is 3.47. The SMILES string of the molecule is O=P(O)(O)Oc1cc(Cl)c2nc(Nc3ccc(OC(F)(F)F)cc3)ccc2c1. The smallest absolute Gasteiger partial charge is 0.406 e. The van der Waals surface area contributed by atoms with Crippen molar-refractivity contribution < 1.29 is 36.8 Å². The monoisotopic (exact) mass is 434 g/mol. The third-order valence-corrected chi connectivity index (χ3v) is 4.04. The molecular weight excluding hydrogens is 424 g/mol. The van der Waals surface area contributed by atoms with Crippen LogP contribution in [0.5, 0.6) is 11.5 Å². The van der Waals surface area contributed by atoms with Gasteiger partial charge in [-0.3, -0.25) is 9.79 Å². The molecular formula is C16H11ClF3N2O5P. The number of aromatic nitrogens is 1. The van der Waals surface area contributed by atoms with E-state index >= 15 is 0 Å². The van der Waals surface area contributed by atoms with Gasteiger partial charge < -0.3 is 14.6 Å². The van der Waals surface area contributed by atoms with Gasteiger partial charge in [0.2, 0.25) is 0 Å². The number of hydrogen-bond donors (Lipinski definition) is 3. The number of fused-ring (bicyclic) bond motifs is 1. The first kappa shape index (κ1) is 20.2. The second kappa shape index (κ2) is 7.48. The van der Waals surface area contributed by atoms with Crippen molar-refractivity contribution in [3.05, 3.63) is 53.6 Å². The van der Waals surface area contributed by atoms with Crippen molar-refractivity contribution in [1.29, 1.82) is 0 Å². The van der Waals surface area contributed by atoms with Gasteiger partial charge in [-0.2, -0.15) is 0 Å². The van der Waals surface area contributed by atoms with Crippen LogP contribution in [0.25, 0.3) is 10.9 Å². The topological polar surface area (TPSA) is 101 Å². The Morgan fingerprint density at radius 2 is 1.71 bits per heavy atom. The Morgan fingerprint density at radius 1 is 1.04 bits per heavy atom. The zero-order valence-electron chi connectivity index (χ0n) is 13.6. The van der Waals surface area contributed by atoms with Crippen LogP contribution < -0.4 is 14.6 Å². The first-order chi connectivity index (χ1) is 13.0. The van der Waals surface area contributed by atoms with E-state index in [0.29, 0.717) is 22.4 Å². The summed E-state index contributed by atoms with van der Waals surface area (Å²) in [5.74, 6) is -0.124. The summed E-state index contributed by atoms with van der Waals surface area (Å²) in [6.07, 6.45) is -4.77. The van der Waals surface area contributed by atoms with Crippen LogP contribution in [0.1, 0.15) is 0 Å². The fraction of sp³-hybridized carbons (Fsp3) is 0.0625. The number of phosphoric ester groups is 1. The number of phosphoric acid groups is 1. The molecule has 0 aliphatic heterocycles. The molecule has 148 valence electrons. The summed E-state index contributed by atoms with van der Waals surface area (Å²) in [6.45, 7) is 0. The second-order valence-corrected chi connectivity index (χ2v) is 7.02. The highest BCUT2D eigenvalue weighted by Crippen LogP contribution is 2.40. The van der Waals surface area contributed by atoms with Crippen LogP contribution in [-0.2, 0) is 4.57 Å². The summed E-state index contributed by atoms with van der Waals surface area (Å²) >= 11 is 6.10. The molecule has 0 fully saturated rings. The number of anilines is 2. The number of nitrogens with one attached hydrogen (secondary N) is 1. The molecule has 0 radical (unpaired) electrons. The Labute approximate surface area is 160 Å². The molecule has 28 heavy (non-hydrogen) atoms. The molecule has 0 aliphatic rings. The summed E-state index contributed by atoms with van der Waals surface area (Å²) in [6, 6.07) is 10.8. The first-order valence-corrected chi connectivity index (χ1v) is 9.38. The first-order valence-electron chi connectivity index (χ1n) is 7.47. The number of pyridine rings is 1. The van der Waals surface area contributed by atoms with E-state index in [9.17, 15) is 17.7 Å². The van der Waals surface area contributed by atoms with Gasteiger partial charge >= 0.3 is 14.2 Å². The van der Waals surface area contributed by atoms with Gasteiger partial charge in [0.05, 0.1) is 10.5 Å². The molecule has 0 saturated carbocycles. The fourth-order valence-electron chi connectivity index (χ4n) is 2.31. The predicted molar refractivity (Wildman–Crippen MR) is 95.8 cm³/mol. The van der Waals surface area contributed by atoms with Gasteiger partial charge in [0.25, 0.3) is 0 Å². The van der Waals surface area contributed by atoms with Crippen LogP contribution in [-0.4, -0.2) is 21.1 Å². The minimum atomic E-state index is -4.77. The maximum absolute atomic E-state index is 12.2. The van der Waals surface area contributed by atoms with Gasteiger partial charge in [-0.25, -0.2) is 9.55 Å². The zero-order chi connectivity index (χ0) is 20.5. The van der Waals surface area contributed by atoms with Crippen molar-refractivity contribution >= 4 is 41.8 Å². The Hall–Kier alpha value is -2.52. The summed E-state index contributed by atoms with van der Waals surface area (Å²) < 4.78 is 55.8. The van der Waals surface area contributed by atoms with E-state index in [-0.39, 0.29) is 16.5 Å². The summed E-state index contributed by atoms with van der Waals surface area (Å²) in [5.41, 5.74) is 0.792. The lowest BCUT2D eigenvalue weighted by Gasteiger charge is -2.11. The molecule has 0 amide bonds. The van der Waals surface area contributed by atoms with Gasteiger partial charge in [0.1, 0.15) is 17.3 Å². The largest absolute Gasteiger partial charge is 0.573 e. The maximum atomic E-state index is 12.2. The van der Waals surface area contributed by atoms with E-state index in [1.807, 2.05) is 0 Å². The highest BCUT2D eigenvalue weighted by atomic mass is 35.5. The molecule has 1 aromatic heterocycles. The lowest BCUT2D eigenvalue weighted by atomic mass is 10.2. The predicted octanol–water partition coefficient (Wildman–Crippen LogP) is 5.00. The molecule has 0 spiro atoms. The van der Waals surface area contributed by atoms with Crippen molar-refractivity contribution in [2.45, 2.75) is 6.36 Å². The van der Waals surface area contributed by atoms with Crippen LogP contribution >= 0.6 is 19.4 Å². The average molecular weight is 435 g/mol. The highest BCUT2D eigenvalue weighted by molar-refractivity contribution is 7.46. The number of rotatable bonds is 5. The Kier molecular flexibility index (Phi) is 5.40. The number of ether oxygens (including phenoxy) is 1. The molecule has 2 aromatic carbocycles. The van der Waals surface area contributed by atoms with Crippen molar-refractivity contribution in [2.24, 2.45) is 0 Å². The van der Waals surface area contributed by atoms with Crippen LogP contribution in [0, 0.1) is 0 Å². The van der Waals surface area contributed by atoms with Crippen molar-refractivity contribution in [3.8, 4) is 11.5 Å².